The van der Waals surface area contributed by atoms with Crippen LogP contribution in [0, 0.1) is 0 Å². The minimum absolute atomic E-state index is 0.197. The predicted molar refractivity (Wildman–Crippen MR) is 40.9 cm³/mol. The summed E-state index contributed by atoms with van der Waals surface area (Å²) in [6.07, 6.45) is 3.60. The Morgan fingerprint density at radius 1 is 1.78 bits per heavy atom. The molecule has 0 aliphatic heterocycles. The molecule has 0 fully saturated rings. The number of allylic oxidation sites excluding steroid dienone is 1. The molecule has 9 heavy (non-hydrogen) atoms. The molecule has 0 saturated carbocycles. The summed E-state index contributed by atoms with van der Waals surface area (Å²) in [6, 6.07) is 0. The number of halogens is 1. The smallest absolute Gasteiger partial charge is 0.0476 e. The lowest BCUT2D eigenvalue weighted by Gasteiger charge is -2.03. The summed E-state index contributed by atoms with van der Waals surface area (Å²) in [4.78, 5) is 0. The SMILES string of the molecule is C=CCC(Cl)CCOC. The van der Waals surface area contributed by atoms with Gasteiger partial charge in [-0.15, -0.1) is 18.2 Å². The van der Waals surface area contributed by atoms with E-state index < -0.39 is 0 Å². The van der Waals surface area contributed by atoms with Crippen LogP contribution >= 0.6 is 11.6 Å². The first-order chi connectivity index (χ1) is 4.31. The van der Waals surface area contributed by atoms with E-state index in [2.05, 4.69) is 6.58 Å². The molecule has 0 saturated heterocycles. The van der Waals surface area contributed by atoms with Gasteiger partial charge in [-0.1, -0.05) is 6.08 Å². The zero-order valence-electron chi connectivity index (χ0n) is 5.77. The van der Waals surface area contributed by atoms with Crippen molar-refractivity contribution in [2.24, 2.45) is 0 Å². The topological polar surface area (TPSA) is 9.23 Å². The molecule has 0 aliphatic rings. The molecular formula is C7H13ClO. The highest BCUT2D eigenvalue weighted by Gasteiger charge is 1.99. The summed E-state index contributed by atoms with van der Waals surface area (Å²) in [7, 11) is 1.68. The Hall–Kier alpha value is -0.0100. The summed E-state index contributed by atoms with van der Waals surface area (Å²) in [5.74, 6) is 0. The van der Waals surface area contributed by atoms with Crippen molar-refractivity contribution < 1.29 is 4.74 Å². The number of hydrogen-bond acceptors (Lipinski definition) is 1. The molecule has 0 heterocycles. The van der Waals surface area contributed by atoms with Gasteiger partial charge in [-0.3, -0.25) is 0 Å². The van der Waals surface area contributed by atoms with E-state index in [0.717, 1.165) is 19.4 Å². The van der Waals surface area contributed by atoms with Gasteiger partial charge in [-0.05, 0) is 12.8 Å². The Balaban J connectivity index is 3.04. The molecule has 0 spiro atoms. The summed E-state index contributed by atoms with van der Waals surface area (Å²) in [5, 5.41) is 0.197. The van der Waals surface area contributed by atoms with Gasteiger partial charge in [0.2, 0.25) is 0 Å². The van der Waals surface area contributed by atoms with Gasteiger partial charge < -0.3 is 4.74 Å². The van der Waals surface area contributed by atoms with E-state index in [9.17, 15) is 0 Å². The predicted octanol–water partition coefficient (Wildman–Crippen LogP) is 2.21. The molecule has 0 aromatic carbocycles. The van der Waals surface area contributed by atoms with Crippen LogP contribution < -0.4 is 0 Å². The highest BCUT2D eigenvalue weighted by Crippen LogP contribution is 2.06. The Morgan fingerprint density at radius 3 is 2.89 bits per heavy atom. The van der Waals surface area contributed by atoms with E-state index in [4.69, 9.17) is 16.3 Å². The molecular weight excluding hydrogens is 136 g/mol. The summed E-state index contributed by atoms with van der Waals surface area (Å²) >= 11 is 5.81. The Labute approximate surface area is 61.7 Å². The molecule has 0 amide bonds. The quantitative estimate of drug-likeness (QED) is 0.429. The average molecular weight is 149 g/mol. The number of methoxy groups -OCH3 is 1. The van der Waals surface area contributed by atoms with Crippen molar-refractivity contribution in [2.45, 2.75) is 18.2 Å². The number of ether oxygens (including phenoxy) is 1. The Kier molecular flexibility index (Phi) is 6.11. The molecule has 0 aromatic rings. The number of alkyl halides is 1. The molecule has 1 unspecified atom stereocenters. The summed E-state index contributed by atoms with van der Waals surface area (Å²) in [6.45, 7) is 4.32. The maximum atomic E-state index is 5.81. The van der Waals surface area contributed by atoms with E-state index in [1.54, 1.807) is 7.11 Å². The third-order valence-corrected chi connectivity index (χ3v) is 1.45. The van der Waals surface area contributed by atoms with E-state index in [1.165, 1.54) is 0 Å². The highest BCUT2D eigenvalue weighted by atomic mass is 35.5. The largest absolute Gasteiger partial charge is 0.385 e. The maximum absolute atomic E-state index is 5.81. The lowest BCUT2D eigenvalue weighted by Crippen LogP contribution is -2.01. The van der Waals surface area contributed by atoms with E-state index in [-0.39, 0.29) is 5.38 Å². The minimum atomic E-state index is 0.197. The monoisotopic (exact) mass is 148 g/mol. The van der Waals surface area contributed by atoms with Crippen molar-refractivity contribution in [3.8, 4) is 0 Å². The normalized spacial score (nSPS) is 13.1. The van der Waals surface area contributed by atoms with Gasteiger partial charge in [0, 0.05) is 19.1 Å². The van der Waals surface area contributed by atoms with E-state index >= 15 is 0 Å². The van der Waals surface area contributed by atoms with Crippen molar-refractivity contribution in [3.05, 3.63) is 12.7 Å². The van der Waals surface area contributed by atoms with Crippen molar-refractivity contribution in [1.82, 2.24) is 0 Å². The second-order valence-electron chi connectivity index (χ2n) is 1.90. The first-order valence-electron chi connectivity index (χ1n) is 3.05. The zero-order chi connectivity index (χ0) is 7.11. The van der Waals surface area contributed by atoms with Gasteiger partial charge in [0.15, 0.2) is 0 Å². The average Bonchev–Trinajstić information content (AvgIpc) is 1.85. The van der Waals surface area contributed by atoms with Gasteiger partial charge >= 0.3 is 0 Å². The fraction of sp³-hybridized carbons (Fsp3) is 0.714. The van der Waals surface area contributed by atoms with Crippen LogP contribution in [0.4, 0.5) is 0 Å². The lowest BCUT2D eigenvalue weighted by atomic mass is 10.2. The lowest BCUT2D eigenvalue weighted by molar-refractivity contribution is 0.194. The second-order valence-corrected chi connectivity index (χ2v) is 2.52. The number of rotatable bonds is 5. The third-order valence-electron chi connectivity index (χ3n) is 1.06. The fourth-order valence-corrected chi connectivity index (χ4v) is 0.759. The van der Waals surface area contributed by atoms with Crippen LogP contribution in [0.5, 0.6) is 0 Å². The molecule has 0 aliphatic carbocycles. The van der Waals surface area contributed by atoms with Crippen LogP contribution in [0.2, 0.25) is 0 Å². The van der Waals surface area contributed by atoms with Gasteiger partial charge in [0.1, 0.15) is 0 Å². The molecule has 0 aromatic heterocycles. The van der Waals surface area contributed by atoms with Crippen LogP contribution in [0.1, 0.15) is 12.8 Å². The van der Waals surface area contributed by atoms with Crippen molar-refractivity contribution in [3.63, 3.8) is 0 Å². The van der Waals surface area contributed by atoms with Crippen LogP contribution in [0.25, 0.3) is 0 Å². The Morgan fingerprint density at radius 2 is 2.44 bits per heavy atom. The molecule has 0 radical (unpaired) electrons. The molecule has 0 rings (SSSR count). The fourth-order valence-electron chi connectivity index (χ4n) is 0.544. The first kappa shape index (κ1) is 8.99. The van der Waals surface area contributed by atoms with Gasteiger partial charge in [0.25, 0.3) is 0 Å². The highest BCUT2D eigenvalue weighted by molar-refractivity contribution is 6.20. The Bertz CT molecular complexity index is 73.3. The van der Waals surface area contributed by atoms with Crippen molar-refractivity contribution in [1.29, 1.82) is 0 Å². The van der Waals surface area contributed by atoms with Gasteiger partial charge in [0.05, 0.1) is 0 Å². The maximum Gasteiger partial charge on any atom is 0.0476 e. The minimum Gasteiger partial charge on any atom is -0.385 e. The molecule has 2 heteroatoms. The molecule has 54 valence electrons. The summed E-state index contributed by atoms with van der Waals surface area (Å²) < 4.78 is 4.84. The van der Waals surface area contributed by atoms with Crippen LogP contribution in [0.3, 0.4) is 0 Å². The van der Waals surface area contributed by atoms with Crippen LogP contribution in [-0.2, 0) is 4.74 Å². The first-order valence-corrected chi connectivity index (χ1v) is 3.48. The van der Waals surface area contributed by atoms with Crippen LogP contribution in [-0.4, -0.2) is 19.1 Å². The molecule has 1 atom stereocenters. The molecule has 0 N–H and O–H groups in total. The third kappa shape index (κ3) is 5.87. The zero-order valence-corrected chi connectivity index (χ0v) is 6.53. The van der Waals surface area contributed by atoms with Crippen molar-refractivity contribution >= 4 is 11.6 Å². The molecule has 1 nitrogen and oxygen atoms in total. The number of hydrogen-bond donors (Lipinski definition) is 0. The molecule has 0 bridgehead atoms. The van der Waals surface area contributed by atoms with Crippen molar-refractivity contribution in [2.75, 3.05) is 13.7 Å². The van der Waals surface area contributed by atoms with Gasteiger partial charge in [-0.25, -0.2) is 0 Å². The second kappa shape index (κ2) is 6.12. The van der Waals surface area contributed by atoms with Gasteiger partial charge in [-0.2, -0.15) is 0 Å². The van der Waals surface area contributed by atoms with Crippen LogP contribution in [0.15, 0.2) is 12.7 Å². The van der Waals surface area contributed by atoms with E-state index in [1.807, 2.05) is 6.08 Å². The summed E-state index contributed by atoms with van der Waals surface area (Å²) in [5.41, 5.74) is 0. The van der Waals surface area contributed by atoms with E-state index in [0.29, 0.717) is 0 Å². The standard InChI is InChI=1S/C7H13ClO/c1-3-4-7(8)5-6-9-2/h3,7H,1,4-6H2,2H3.